The summed E-state index contributed by atoms with van der Waals surface area (Å²) in [4.78, 5) is 28.6. The maximum absolute atomic E-state index is 13.0. The molecular weight excluding hydrogens is 543 g/mol. The van der Waals surface area contributed by atoms with Gasteiger partial charge in [0, 0.05) is 34.9 Å². The SMILES string of the molecule is Cc1c(C)n(Cc2ccc(-c3ccccc3C(=O)O)cc2)c2ccc(C(=O)N[C@@H](C)c3ccc(C(F)(F)F)cn3)cc12. The average Bonchev–Trinajstić information content (AvgIpc) is 3.21. The molecule has 42 heavy (non-hydrogen) atoms. The Labute approximate surface area is 240 Å². The Morgan fingerprint density at radius 1 is 0.976 bits per heavy atom. The molecular formula is C33H28F3N3O3. The van der Waals surface area contributed by atoms with E-state index >= 15 is 0 Å². The predicted octanol–water partition coefficient (Wildman–Crippen LogP) is 7.58. The van der Waals surface area contributed by atoms with Crippen LogP contribution in [-0.2, 0) is 12.7 Å². The Hall–Kier alpha value is -4.92. The number of aromatic nitrogens is 2. The van der Waals surface area contributed by atoms with E-state index in [1.54, 1.807) is 31.2 Å². The summed E-state index contributed by atoms with van der Waals surface area (Å²) >= 11 is 0. The highest BCUT2D eigenvalue weighted by Crippen LogP contribution is 2.30. The lowest BCUT2D eigenvalue weighted by molar-refractivity contribution is -0.137. The molecule has 3 aromatic carbocycles. The van der Waals surface area contributed by atoms with Crippen LogP contribution in [0.2, 0.25) is 0 Å². The van der Waals surface area contributed by atoms with Crippen LogP contribution in [0, 0.1) is 13.8 Å². The van der Waals surface area contributed by atoms with Gasteiger partial charge in [-0.15, -0.1) is 0 Å². The summed E-state index contributed by atoms with van der Waals surface area (Å²) in [7, 11) is 0. The number of benzene rings is 3. The van der Waals surface area contributed by atoms with Gasteiger partial charge in [0.25, 0.3) is 5.91 Å². The van der Waals surface area contributed by atoms with E-state index in [1.165, 1.54) is 6.07 Å². The van der Waals surface area contributed by atoms with Gasteiger partial charge < -0.3 is 15.0 Å². The molecule has 0 aliphatic rings. The quantitative estimate of drug-likeness (QED) is 0.211. The summed E-state index contributed by atoms with van der Waals surface area (Å²) in [5.41, 5.74) is 5.71. The number of rotatable bonds is 7. The smallest absolute Gasteiger partial charge is 0.417 e. The Morgan fingerprint density at radius 3 is 2.33 bits per heavy atom. The van der Waals surface area contributed by atoms with Crippen molar-refractivity contribution in [1.82, 2.24) is 14.9 Å². The molecule has 2 N–H and O–H groups in total. The van der Waals surface area contributed by atoms with Crippen molar-refractivity contribution in [3.63, 3.8) is 0 Å². The fourth-order valence-electron chi connectivity index (χ4n) is 5.07. The van der Waals surface area contributed by atoms with Crippen LogP contribution < -0.4 is 5.32 Å². The van der Waals surface area contributed by atoms with Crippen molar-refractivity contribution in [2.45, 2.75) is 39.5 Å². The molecule has 0 fully saturated rings. The molecule has 9 heteroatoms. The maximum atomic E-state index is 13.0. The molecule has 2 aromatic heterocycles. The number of carbonyl (C=O) groups excluding carboxylic acids is 1. The minimum Gasteiger partial charge on any atom is -0.478 e. The molecule has 214 valence electrons. The summed E-state index contributed by atoms with van der Waals surface area (Å²) in [6, 6.07) is 21.8. The number of alkyl halides is 3. The summed E-state index contributed by atoms with van der Waals surface area (Å²) in [5.74, 6) is -1.33. The third kappa shape index (κ3) is 5.63. The number of fused-ring (bicyclic) bond motifs is 1. The summed E-state index contributed by atoms with van der Waals surface area (Å²) in [6.07, 6.45) is -3.71. The zero-order valence-corrected chi connectivity index (χ0v) is 23.2. The first-order valence-electron chi connectivity index (χ1n) is 13.3. The van der Waals surface area contributed by atoms with Crippen molar-refractivity contribution in [3.8, 4) is 11.1 Å². The number of halogens is 3. The van der Waals surface area contributed by atoms with E-state index in [-0.39, 0.29) is 11.5 Å². The van der Waals surface area contributed by atoms with Crippen molar-refractivity contribution in [1.29, 1.82) is 0 Å². The first-order chi connectivity index (χ1) is 19.9. The van der Waals surface area contributed by atoms with Gasteiger partial charge in [-0.25, -0.2) is 4.79 Å². The monoisotopic (exact) mass is 571 g/mol. The number of hydrogen-bond acceptors (Lipinski definition) is 3. The number of carboxylic acid groups (broad SMARTS) is 1. The highest BCUT2D eigenvalue weighted by molar-refractivity contribution is 5.99. The molecule has 0 spiro atoms. The van der Waals surface area contributed by atoms with E-state index in [0.717, 1.165) is 45.6 Å². The molecule has 1 amide bonds. The van der Waals surface area contributed by atoms with Crippen molar-refractivity contribution in [2.24, 2.45) is 0 Å². The van der Waals surface area contributed by atoms with Gasteiger partial charge in [0.1, 0.15) is 0 Å². The Morgan fingerprint density at radius 2 is 1.69 bits per heavy atom. The van der Waals surface area contributed by atoms with Crippen molar-refractivity contribution in [2.75, 3.05) is 0 Å². The standard InChI is InChI=1S/C33H28F3N3O3/c1-19-21(3)39(18-22-8-10-23(11-9-22)26-6-4-5-7-27(26)32(41)42)30-15-12-24(16-28(19)30)31(40)38-20(2)29-14-13-25(17-37-29)33(34,35)36/h4-17,20H,18H2,1-3H3,(H,38,40)(H,41,42)/t20-/m0/s1. The van der Waals surface area contributed by atoms with Crippen molar-refractivity contribution < 1.29 is 27.9 Å². The second-order valence-corrected chi connectivity index (χ2v) is 10.2. The molecule has 0 saturated carbocycles. The van der Waals surface area contributed by atoms with Gasteiger partial charge in [0.2, 0.25) is 0 Å². The highest BCUT2D eigenvalue weighted by Gasteiger charge is 2.31. The summed E-state index contributed by atoms with van der Waals surface area (Å²) in [6.45, 7) is 6.27. The first kappa shape index (κ1) is 28.6. The van der Waals surface area contributed by atoms with E-state index in [4.69, 9.17) is 0 Å². The number of carbonyl (C=O) groups is 2. The fourth-order valence-corrected chi connectivity index (χ4v) is 5.07. The number of nitrogens with one attached hydrogen (secondary N) is 1. The predicted molar refractivity (Wildman–Crippen MR) is 154 cm³/mol. The highest BCUT2D eigenvalue weighted by atomic mass is 19.4. The van der Waals surface area contributed by atoms with Crippen LogP contribution in [0.1, 0.15) is 61.8 Å². The summed E-state index contributed by atoms with van der Waals surface area (Å²) < 4.78 is 40.7. The molecule has 6 nitrogen and oxygen atoms in total. The molecule has 5 rings (SSSR count). The van der Waals surface area contributed by atoms with Gasteiger partial charge in [-0.05, 0) is 79.4 Å². The third-order valence-corrected chi connectivity index (χ3v) is 7.57. The molecule has 1 atom stereocenters. The number of carboxylic acids is 1. The molecule has 5 aromatic rings. The van der Waals surface area contributed by atoms with Crippen LogP contribution in [0.15, 0.2) is 85.1 Å². The minimum absolute atomic E-state index is 0.248. The second-order valence-electron chi connectivity index (χ2n) is 10.2. The molecule has 0 radical (unpaired) electrons. The van der Waals surface area contributed by atoms with E-state index in [2.05, 4.69) is 14.9 Å². The Kier molecular flexibility index (Phi) is 7.60. The van der Waals surface area contributed by atoms with Crippen LogP contribution in [0.5, 0.6) is 0 Å². The topological polar surface area (TPSA) is 84.2 Å². The molecule has 0 unspecified atom stereocenters. The summed E-state index contributed by atoms with van der Waals surface area (Å²) in [5, 5.41) is 13.3. The van der Waals surface area contributed by atoms with Crippen LogP contribution in [-0.4, -0.2) is 26.5 Å². The molecule has 0 aliphatic carbocycles. The normalized spacial score (nSPS) is 12.3. The van der Waals surface area contributed by atoms with Gasteiger partial charge in [-0.1, -0.05) is 42.5 Å². The number of hydrogen-bond donors (Lipinski definition) is 2. The van der Waals surface area contributed by atoms with Crippen molar-refractivity contribution >= 4 is 22.8 Å². The lowest BCUT2D eigenvalue weighted by Gasteiger charge is -2.15. The second kappa shape index (κ2) is 11.2. The van der Waals surface area contributed by atoms with Crippen LogP contribution in [0.4, 0.5) is 13.2 Å². The Bertz CT molecular complexity index is 1790. The molecule has 0 aliphatic heterocycles. The van der Waals surface area contributed by atoms with Crippen LogP contribution in [0.25, 0.3) is 22.0 Å². The maximum Gasteiger partial charge on any atom is 0.417 e. The molecule has 2 heterocycles. The number of aryl methyl sites for hydroxylation is 1. The van der Waals surface area contributed by atoms with Crippen LogP contribution >= 0.6 is 0 Å². The zero-order chi connectivity index (χ0) is 30.2. The van der Waals surface area contributed by atoms with Gasteiger partial charge in [0.15, 0.2) is 0 Å². The van der Waals surface area contributed by atoms with Gasteiger partial charge in [0.05, 0.1) is 22.9 Å². The Balaban J connectivity index is 1.35. The van der Waals surface area contributed by atoms with Crippen LogP contribution in [0.3, 0.4) is 0 Å². The van der Waals surface area contributed by atoms with E-state index < -0.39 is 23.8 Å². The van der Waals surface area contributed by atoms with Crippen molar-refractivity contribution in [3.05, 3.63) is 124 Å². The van der Waals surface area contributed by atoms with Gasteiger partial charge in [-0.2, -0.15) is 13.2 Å². The van der Waals surface area contributed by atoms with Gasteiger partial charge >= 0.3 is 12.1 Å². The number of nitrogens with zero attached hydrogens (tertiary/aromatic N) is 2. The lowest BCUT2D eigenvalue weighted by Crippen LogP contribution is -2.27. The van der Waals surface area contributed by atoms with Gasteiger partial charge in [-0.3, -0.25) is 9.78 Å². The fraction of sp³-hybridized carbons (Fsp3) is 0.182. The minimum atomic E-state index is -4.47. The largest absolute Gasteiger partial charge is 0.478 e. The zero-order valence-electron chi connectivity index (χ0n) is 23.2. The van der Waals surface area contributed by atoms with E-state index in [0.29, 0.717) is 23.4 Å². The first-order valence-corrected chi connectivity index (χ1v) is 13.3. The molecule has 0 bridgehead atoms. The number of pyridine rings is 1. The lowest BCUT2D eigenvalue weighted by atomic mass is 9.99. The molecule has 0 saturated heterocycles. The number of amides is 1. The third-order valence-electron chi connectivity index (χ3n) is 7.57. The van der Waals surface area contributed by atoms with E-state index in [1.807, 2.05) is 56.3 Å². The van der Waals surface area contributed by atoms with E-state index in [9.17, 15) is 27.9 Å². The average molecular weight is 572 g/mol. The number of aromatic carboxylic acids is 1.